The Morgan fingerprint density at radius 1 is 0.296 bits per heavy atom. The molecule has 0 amide bonds. The van der Waals surface area contributed by atoms with Crippen LogP contribution in [0.1, 0.15) is 0 Å². The smallest absolute Gasteiger partial charge is 0.0547 e. The van der Waals surface area contributed by atoms with Crippen LogP contribution in [0.3, 0.4) is 0 Å². The Morgan fingerprint density at radius 2 is 0.815 bits per heavy atom. The van der Waals surface area contributed by atoms with Crippen molar-refractivity contribution in [3.63, 3.8) is 0 Å². The number of benzene rings is 9. The van der Waals surface area contributed by atoms with Crippen LogP contribution in [-0.2, 0) is 0 Å². The predicted molar refractivity (Wildman–Crippen MR) is 229 cm³/mol. The molecule has 0 fully saturated rings. The van der Waals surface area contributed by atoms with Gasteiger partial charge in [-0.1, -0.05) is 158 Å². The molecule has 2 heteroatoms. The Labute approximate surface area is 315 Å². The second-order valence-corrected chi connectivity index (χ2v) is 13.8. The summed E-state index contributed by atoms with van der Waals surface area (Å²) in [6, 6.07) is 78.8. The maximum Gasteiger partial charge on any atom is 0.0547 e. The lowest BCUT2D eigenvalue weighted by Crippen LogP contribution is -2.10. The fourth-order valence-electron chi connectivity index (χ4n) is 7.98. The molecule has 0 saturated carbocycles. The number of fused-ring (bicyclic) bond motifs is 5. The largest absolute Gasteiger partial charge is 0.310 e. The van der Waals surface area contributed by atoms with E-state index in [1.165, 1.54) is 60.4 Å². The van der Waals surface area contributed by atoms with E-state index in [0.717, 1.165) is 28.3 Å². The monoisotopic (exact) mass is 688 g/mol. The SMILES string of the molecule is c1ccc(-c2ccc(N(c3ccc(-c4ccccc4)cc3)c3cccc(-c4cccc(-n5c6ccccc6c6c7ccccc7ccc65)c4)c3)cc2)cc1. The first-order valence-corrected chi connectivity index (χ1v) is 18.5. The van der Waals surface area contributed by atoms with E-state index < -0.39 is 0 Å². The summed E-state index contributed by atoms with van der Waals surface area (Å²) in [5.41, 5.74) is 14.0. The minimum atomic E-state index is 1.10. The third-order valence-corrected chi connectivity index (χ3v) is 10.6. The van der Waals surface area contributed by atoms with Crippen LogP contribution in [0.5, 0.6) is 0 Å². The van der Waals surface area contributed by atoms with E-state index in [0.29, 0.717) is 0 Å². The van der Waals surface area contributed by atoms with Gasteiger partial charge in [0.15, 0.2) is 0 Å². The fraction of sp³-hybridized carbons (Fsp3) is 0. The van der Waals surface area contributed by atoms with E-state index in [1.807, 2.05) is 0 Å². The standard InChI is InChI=1S/C52H36N2/c1-3-13-37(14-4-1)39-25-30-44(31-26-39)53(45-32-27-40(28-33-45)38-15-5-2-6-16-38)46-20-11-18-42(35-46)43-19-12-21-47(36-43)54-50-24-10-9-23-49(50)52-48-22-8-7-17-41(48)29-34-51(52)54/h1-36H. The summed E-state index contributed by atoms with van der Waals surface area (Å²) >= 11 is 0. The second-order valence-electron chi connectivity index (χ2n) is 13.8. The molecule has 0 aliphatic heterocycles. The van der Waals surface area contributed by atoms with Crippen LogP contribution < -0.4 is 4.90 Å². The molecule has 254 valence electrons. The summed E-state index contributed by atoms with van der Waals surface area (Å²) in [4.78, 5) is 2.36. The molecule has 0 unspecified atom stereocenters. The highest BCUT2D eigenvalue weighted by Crippen LogP contribution is 2.40. The van der Waals surface area contributed by atoms with Gasteiger partial charge >= 0.3 is 0 Å². The summed E-state index contributed by atoms with van der Waals surface area (Å²) in [7, 11) is 0. The molecule has 2 nitrogen and oxygen atoms in total. The van der Waals surface area contributed by atoms with Crippen LogP contribution in [0.25, 0.3) is 71.6 Å². The van der Waals surface area contributed by atoms with Crippen molar-refractivity contribution >= 4 is 49.6 Å². The molecule has 9 aromatic carbocycles. The van der Waals surface area contributed by atoms with Crippen molar-refractivity contribution in [3.05, 3.63) is 218 Å². The summed E-state index contributed by atoms with van der Waals surface area (Å²) in [6.07, 6.45) is 0. The van der Waals surface area contributed by atoms with E-state index in [4.69, 9.17) is 0 Å². The van der Waals surface area contributed by atoms with Crippen LogP contribution in [0.2, 0.25) is 0 Å². The average Bonchev–Trinajstić information content (AvgIpc) is 3.60. The fourth-order valence-corrected chi connectivity index (χ4v) is 7.98. The van der Waals surface area contributed by atoms with E-state index in [2.05, 4.69) is 228 Å². The van der Waals surface area contributed by atoms with Gasteiger partial charge in [-0.05, 0) is 105 Å². The van der Waals surface area contributed by atoms with Crippen molar-refractivity contribution in [3.8, 4) is 39.1 Å². The number of hydrogen-bond acceptors (Lipinski definition) is 1. The molecular weight excluding hydrogens is 653 g/mol. The van der Waals surface area contributed by atoms with E-state index in [1.54, 1.807) is 0 Å². The summed E-state index contributed by atoms with van der Waals surface area (Å²) in [5.74, 6) is 0. The Kier molecular flexibility index (Phi) is 7.85. The van der Waals surface area contributed by atoms with Crippen LogP contribution >= 0.6 is 0 Å². The Balaban J connectivity index is 1.08. The first-order valence-electron chi connectivity index (χ1n) is 18.5. The molecule has 0 atom stereocenters. The van der Waals surface area contributed by atoms with E-state index >= 15 is 0 Å². The van der Waals surface area contributed by atoms with E-state index in [-0.39, 0.29) is 0 Å². The van der Waals surface area contributed by atoms with E-state index in [9.17, 15) is 0 Å². The van der Waals surface area contributed by atoms with Gasteiger partial charge in [0.25, 0.3) is 0 Å². The highest BCUT2D eigenvalue weighted by Gasteiger charge is 2.17. The summed E-state index contributed by atoms with van der Waals surface area (Å²) < 4.78 is 2.42. The van der Waals surface area contributed by atoms with Gasteiger partial charge in [0, 0.05) is 33.5 Å². The van der Waals surface area contributed by atoms with Crippen LogP contribution in [-0.4, -0.2) is 4.57 Å². The van der Waals surface area contributed by atoms with Crippen LogP contribution in [0.4, 0.5) is 17.1 Å². The van der Waals surface area contributed by atoms with Crippen molar-refractivity contribution in [2.45, 2.75) is 0 Å². The highest BCUT2D eigenvalue weighted by atomic mass is 15.1. The minimum Gasteiger partial charge on any atom is -0.310 e. The molecule has 10 rings (SSSR count). The maximum absolute atomic E-state index is 2.42. The highest BCUT2D eigenvalue weighted by molar-refractivity contribution is 6.21. The number of nitrogens with zero attached hydrogens (tertiary/aromatic N) is 2. The van der Waals surface area contributed by atoms with Crippen molar-refractivity contribution in [1.82, 2.24) is 4.57 Å². The maximum atomic E-state index is 2.42. The molecule has 0 N–H and O–H groups in total. The van der Waals surface area contributed by atoms with Crippen LogP contribution in [0, 0.1) is 0 Å². The molecule has 0 spiro atoms. The van der Waals surface area contributed by atoms with Gasteiger partial charge in [-0.2, -0.15) is 0 Å². The second kappa shape index (κ2) is 13.4. The predicted octanol–water partition coefficient (Wildman–Crippen LogP) is 14.4. The Morgan fingerprint density at radius 3 is 1.48 bits per heavy atom. The topological polar surface area (TPSA) is 8.17 Å². The number of anilines is 3. The number of aromatic nitrogens is 1. The first kappa shape index (κ1) is 31.6. The minimum absolute atomic E-state index is 1.10. The molecule has 10 aromatic rings. The van der Waals surface area contributed by atoms with Crippen LogP contribution in [0.15, 0.2) is 218 Å². The lowest BCUT2D eigenvalue weighted by Gasteiger charge is -2.26. The third-order valence-electron chi connectivity index (χ3n) is 10.6. The van der Waals surface area contributed by atoms with Crippen molar-refractivity contribution < 1.29 is 0 Å². The Bertz CT molecular complexity index is 2820. The number of rotatable bonds is 7. The molecular formula is C52H36N2. The molecule has 0 saturated heterocycles. The van der Waals surface area contributed by atoms with Gasteiger partial charge in [-0.15, -0.1) is 0 Å². The number of hydrogen-bond donors (Lipinski definition) is 0. The Hall–Kier alpha value is -7.16. The molecule has 1 heterocycles. The van der Waals surface area contributed by atoms with Gasteiger partial charge in [0.2, 0.25) is 0 Å². The quantitative estimate of drug-likeness (QED) is 0.162. The molecule has 1 aromatic heterocycles. The zero-order valence-electron chi connectivity index (χ0n) is 29.7. The number of para-hydroxylation sites is 1. The zero-order chi connectivity index (χ0) is 35.8. The molecule has 0 bridgehead atoms. The van der Waals surface area contributed by atoms with Crippen molar-refractivity contribution in [1.29, 1.82) is 0 Å². The lowest BCUT2D eigenvalue weighted by atomic mass is 10.0. The molecule has 0 radical (unpaired) electrons. The van der Waals surface area contributed by atoms with Crippen molar-refractivity contribution in [2.24, 2.45) is 0 Å². The summed E-state index contributed by atoms with van der Waals surface area (Å²) in [5, 5.41) is 5.10. The first-order chi connectivity index (χ1) is 26.8. The van der Waals surface area contributed by atoms with Crippen molar-refractivity contribution in [2.75, 3.05) is 4.90 Å². The normalized spacial score (nSPS) is 11.3. The molecule has 0 aliphatic carbocycles. The molecule has 54 heavy (non-hydrogen) atoms. The van der Waals surface area contributed by atoms with Gasteiger partial charge in [-0.3, -0.25) is 0 Å². The average molecular weight is 689 g/mol. The van der Waals surface area contributed by atoms with Gasteiger partial charge in [0.1, 0.15) is 0 Å². The third kappa shape index (κ3) is 5.62. The van der Waals surface area contributed by atoms with Gasteiger partial charge < -0.3 is 9.47 Å². The van der Waals surface area contributed by atoms with Gasteiger partial charge in [0.05, 0.1) is 11.0 Å². The van der Waals surface area contributed by atoms with Gasteiger partial charge in [-0.25, -0.2) is 0 Å². The zero-order valence-corrected chi connectivity index (χ0v) is 29.7. The summed E-state index contributed by atoms with van der Waals surface area (Å²) in [6.45, 7) is 0. The lowest BCUT2D eigenvalue weighted by molar-refractivity contribution is 1.18. The molecule has 0 aliphatic rings.